The molecule has 1 saturated heterocycles. The van der Waals surface area contributed by atoms with Gasteiger partial charge < -0.3 is 10.1 Å². The molecule has 186 valence electrons. The van der Waals surface area contributed by atoms with Gasteiger partial charge in [0.25, 0.3) is 5.91 Å². The van der Waals surface area contributed by atoms with Crippen LogP contribution >= 0.6 is 0 Å². The number of benzene rings is 3. The van der Waals surface area contributed by atoms with E-state index in [2.05, 4.69) is 17.4 Å². The Labute approximate surface area is 214 Å². The summed E-state index contributed by atoms with van der Waals surface area (Å²) in [5.74, 6) is -1.23. The molecule has 3 amide bonds. The van der Waals surface area contributed by atoms with Crippen LogP contribution in [-0.4, -0.2) is 30.3 Å². The summed E-state index contributed by atoms with van der Waals surface area (Å²) >= 11 is 0. The number of hydrogen-bond donors (Lipinski definition) is 1. The highest BCUT2D eigenvalue weighted by Gasteiger charge is 2.64. The van der Waals surface area contributed by atoms with Crippen molar-refractivity contribution in [2.45, 2.75) is 18.8 Å². The number of carbonyl (C=O) groups is 4. The molecule has 3 aliphatic rings. The molecular weight excluding hydrogens is 468 g/mol. The highest BCUT2D eigenvalue weighted by atomic mass is 16.5. The van der Waals surface area contributed by atoms with Gasteiger partial charge in [-0.05, 0) is 72.6 Å². The lowest BCUT2D eigenvalue weighted by molar-refractivity contribution is -0.123. The van der Waals surface area contributed by atoms with Crippen molar-refractivity contribution >= 4 is 35.1 Å². The van der Waals surface area contributed by atoms with Crippen molar-refractivity contribution in [1.82, 2.24) is 0 Å². The van der Waals surface area contributed by atoms with Crippen LogP contribution in [-0.2, 0) is 19.1 Å². The number of ether oxygens (including phenoxy) is 1. The second-order valence-corrected chi connectivity index (χ2v) is 10.0. The van der Waals surface area contributed by atoms with Crippen LogP contribution in [0.5, 0.6) is 0 Å². The summed E-state index contributed by atoms with van der Waals surface area (Å²) < 4.78 is 5.12. The van der Waals surface area contributed by atoms with Crippen molar-refractivity contribution in [3.05, 3.63) is 96.1 Å². The van der Waals surface area contributed by atoms with Crippen molar-refractivity contribution in [3.8, 4) is 0 Å². The molecule has 3 aromatic rings. The summed E-state index contributed by atoms with van der Waals surface area (Å²) in [5.41, 5.74) is 2.55. The quantitative estimate of drug-likeness (QED) is 0.405. The molecule has 37 heavy (non-hydrogen) atoms. The maximum Gasteiger partial charge on any atom is 0.338 e. The molecule has 0 radical (unpaired) electrons. The molecule has 1 N–H and O–H groups in total. The Morgan fingerprint density at radius 3 is 2.16 bits per heavy atom. The predicted octanol–water partition coefficient (Wildman–Crippen LogP) is 4.41. The zero-order valence-corrected chi connectivity index (χ0v) is 20.1. The first kappa shape index (κ1) is 23.2. The lowest BCUT2D eigenvalue weighted by atomic mass is 9.73. The van der Waals surface area contributed by atoms with Crippen LogP contribution in [0, 0.1) is 23.7 Å². The minimum atomic E-state index is -0.658. The number of para-hydroxylation sites is 1. The number of anilines is 2. The molecule has 2 bridgehead atoms. The molecule has 7 heteroatoms. The zero-order valence-electron chi connectivity index (χ0n) is 20.1. The van der Waals surface area contributed by atoms with Gasteiger partial charge in [0.2, 0.25) is 11.8 Å². The summed E-state index contributed by atoms with van der Waals surface area (Å²) in [5, 5.41) is 2.65. The van der Waals surface area contributed by atoms with Crippen molar-refractivity contribution < 1.29 is 23.9 Å². The van der Waals surface area contributed by atoms with Crippen molar-refractivity contribution in [3.63, 3.8) is 0 Å². The fourth-order valence-electron chi connectivity index (χ4n) is 6.48. The third-order valence-electron chi connectivity index (χ3n) is 8.00. The van der Waals surface area contributed by atoms with E-state index in [9.17, 15) is 19.2 Å². The maximum absolute atomic E-state index is 13.5. The van der Waals surface area contributed by atoms with Gasteiger partial charge >= 0.3 is 5.97 Å². The minimum absolute atomic E-state index is 0.137. The van der Waals surface area contributed by atoms with Crippen molar-refractivity contribution in [2.75, 3.05) is 16.8 Å². The van der Waals surface area contributed by atoms with Gasteiger partial charge in [0.15, 0.2) is 6.61 Å². The molecule has 6 rings (SSSR count). The SMILES string of the molecule is O=C(COC(=O)c1ccc(N2C(=O)[C@@H]3[C@@H]4C[C@@H]([C@H]3C2=O)[C@H](c2ccccc2)C4)cc1)Nc1ccccc1. The highest BCUT2D eigenvalue weighted by molar-refractivity contribution is 6.22. The normalized spacial score (nSPS) is 25.7. The number of imide groups is 1. The number of amides is 3. The number of nitrogens with one attached hydrogen (secondary N) is 1. The first-order valence-electron chi connectivity index (χ1n) is 12.6. The largest absolute Gasteiger partial charge is 0.452 e. The van der Waals surface area contributed by atoms with E-state index in [0.29, 0.717) is 17.3 Å². The number of carbonyl (C=O) groups excluding carboxylic acids is 4. The first-order chi connectivity index (χ1) is 18.0. The third-order valence-corrected chi connectivity index (χ3v) is 8.00. The molecule has 0 unspecified atom stereocenters. The van der Waals surface area contributed by atoms with E-state index in [1.807, 2.05) is 24.3 Å². The summed E-state index contributed by atoms with van der Waals surface area (Å²) in [4.78, 5) is 52.6. The topological polar surface area (TPSA) is 92.8 Å². The lowest BCUT2D eigenvalue weighted by Crippen LogP contribution is -2.33. The van der Waals surface area contributed by atoms with Gasteiger partial charge in [0.1, 0.15) is 0 Å². The third kappa shape index (κ3) is 4.10. The van der Waals surface area contributed by atoms with E-state index in [-0.39, 0.29) is 41.0 Å². The fourth-order valence-corrected chi connectivity index (χ4v) is 6.48. The van der Waals surface area contributed by atoms with Crippen LogP contribution in [0.15, 0.2) is 84.9 Å². The molecule has 3 aromatic carbocycles. The molecule has 0 aromatic heterocycles. The van der Waals surface area contributed by atoms with E-state index in [4.69, 9.17) is 4.74 Å². The number of esters is 1. The van der Waals surface area contributed by atoms with Crippen molar-refractivity contribution in [1.29, 1.82) is 0 Å². The van der Waals surface area contributed by atoms with E-state index in [0.717, 1.165) is 12.8 Å². The van der Waals surface area contributed by atoms with E-state index in [1.54, 1.807) is 36.4 Å². The first-order valence-corrected chi connectivity index (χ1v) is 12.6. The van der Waals surface area contributed by atoms with Crippen LogP contribution in [0.3, 0.4) is 0 Å². The van der Waals surface area contributed by atoms with Crippen LogP contribution in [0.25, 0.3) is 0 Å². The van der Waals surface area contributed by atoms with Gasteiger partial charge in [-0.2, -0.15) is 0 Å². The fraction of sp³-hybridized carbons (Fsp3) is 0.267. The number of rotatable bonds is 6. The molecule has 1 aliphatic heterocycles. The Bertz CT molecular complexity index is 1360. The monoisotopic (exact) mass is 494 g/mol. The standard InChI is InChI=1S/C30H26N2O5/c33-25(31-21-9-5-2-6-10-21)17-37-30(36)19-11-13-22(14-12-19)32-28(34)26-20-15-23(18-7-3-1-4-8-18)24(16-20)27(26)29(32)35/h1-14,20,23-24,26-27H,15-17H2,(H,31,33)/t20-,23-,24+,26+,27+/m0/s1. The average molecular weight is 495 g/mol. The van der Waals surface area contributed by atoms with Gasteiger partial charge in [0.05, 0.1) is 23.1 Å². The Hall–Kier alpha value is -4.26. The Morgan fingerprint density at radius 1 is 0.811 bits per heavy atom. The molecule has 5 atom stereocenters. The van der Waals surface area contributed by atoms with Gasteiger partial charge in [-0.1, -0.05) is 48.5 Å². The molecular formula is C30H26N2O5. The van der Waals surface area contributed by atoms with Crippen LogP contribution in [0.4, 0.5) is 11.4 Å². The number of hydrogen-bond acceptors (Lipinski definition) is 5. The number of fused-ring (bicyclic) bond motifs is 5. The Kier molecular flexibility index (Phi) is 5.83. The van der Waals surface area contributed by atoms with Crippen LogP contribution in [0.2, 0.25) is 0 Å². The van der Waals surface area contributed by atoms with Gasteiger partial charge in [0, 0.05) is 5.69 Å². The molecule has 2 saturated carbocycles. The van der Waals surface area contributed by atoms with E-state index in [1.165, 1.54) is 22.6 Å². The van der Waals surface area contributed by atoms with Gasteiger partial charge in [-0.25, -0.2) is 4.79 Å². The lowest BCUT2D eigenvalue weighted by Gasteiger charge is -2.28. The average Bonchev–Trinajstić information content (AvgIpc) is 3.60. The number of nitrogens with zero attached hydrogens (tertiary/aromatic N) is 1. The van der Waals surface area contributed by atoms with Gasteiger partial charge in [-0.15, -0.1) is 0 Å². The van der Waals surface area contributed by atoms with E-state index >= 15 is 0 Å². The minimum Gasteiger partial charge on any atom is -0.452 e. The van der Waals surface area contributed by atoms with E-state index < -0.39 is 18.5 Å². The van der Waals surface area contributed by atoms with Crippen LogP contribution in [0.1, 0.15) is 34.7 Å². The molecule has 7 nitrogen and oxygen atoms in total. The second-order valence-electron chi connectivity index (χ2n) is 10.0. The maximum atomic E-state index is 13.5. The summed E-state index contributed by atoms with van der Waals surface area (Å²) in [6, 6.07) is 25.4. The zero-order chi connectivity index (χ0) is 25.5. The second kappa shape index (κ2) is 9.32. The Morgan fingerprint density at radius 2 is 1.46 bits per heavy atom. The van der Waals surface area contributed by atoms with Crippen molar-refractivity contribution in [2.24, 2.45) is 23.7 Å². The summed E-state index contributed by atoms with van der Waals surface area (Å²) in [7, 11) is 0. The smallest absolute Gasteiger partial charge is 0.338 e. The van der Waals surface area contributed by atoms with Crippen LogP contribution < -0.4 is 10.2 Å². The highest BCUT2D eigenvalue weighted by Crippen LogP contribution is 2.61. The Balaban J connectivity index is 1.11. The summed E-state index contributed by atoms with van der Waals surface area (Å²) in [6.07, 6.45) is 1.86. The predicted molar refractivity (Wildman–Crippen MR) is 137 cm³/mol. The molecule has 3 fully saturated rings. The summed E-state index contributed by atoms with van der Waals surface area (Å²) in [6.45, 7) is -0.423. The molecule has 2 aliphatic carbocycles. The molecule has 1 heterocycles. The van der Waals surface area contributed by atoms with Gasteiger partial charge in [-0.3, -0.25) is 19.3 Å². The molecule has 0 spiro atoms.